The van der Waals surface area contributed by atoms with Crippen molar-refractivity contribution in [3.8, 4) is 11.1 Å². The number of hydrogen-bond donors (Lipinski definition) is 5. The number of benzene rings is 2. The first kappa shape index (κ1) is 30.2. The predicted molar refractivity (Wildman–Crippen MR) is 136 cm³/mol. The number of urea groups is 1. The first-order valence-corrected chi connectivity index (χ1v) is 12.2. The minimum Gasteiger partial charge on any atom is -0.447 e. The minimum atomic E-state index is -1.02. The van der Waals surface area contributed by atoms with Crippen molar-refractivity contribution >= 4 is 24.4 Å². The molecule has 2 aromatic rings. The Morgan fingerprint density at radius 1 is 1.03 bits per heavy atom. The lowest BCUT2D eigenvalue weighted by molar-refractivity contribution is -0.236. The van der Waals surface area contributed by atoms with Crippen LogP contribution in [0.15, 0.2) is 48.5 Å². The fourth-order valence-electron chi connectivity index (χ4n) is 3.55. The largest absolute Gasteiger partial charge is 0.447 e. The highest BCUT2D eigenvalue weighted by molar-refractivity contribution is 5.95. The molecule has 11 nitrogen and oxygen atoms in total. The molecule has 0 aliphatic rings. The van der Waals surface area contributed by atoms with Crippen molar-refractivity contribution in [1.29, 1.82) is 0 Å². The second kappa shape index (κ2) is 16.7. The number of rotatable bonds is 16. The molecule has 0 unspecified atom stereocenters. The zero-order chi connectivity index (χ0) is 27.8. The molecule has 3 amide bonds. The first-order valence-electron chi connectivity index (χ1n) is 12.2. The zero-order valence-corrected chi connectivity index (χ0v) is 21.1. The van der Waals surface area contributed by atoms with Crippen molar-refractivity contribution in [2.75, 3.05) is 19.6 Å². The molecular weight excluding hydrogens is 499 g/mol. The molecule has 0 fully saturated rings. The molecule has 0 saturated heterocycles. The van der Waals surface area contributed by atoms with Crippen LogP contribution in [0.3, 0.4) is 0 Å². The third-order valence-corrected chi connectivity index (χ3v) is 5.51. The molecule has 0 spiro atoms. The first-order chi connectivity index (χ1) is 18.4. The van der Waals surface area contributed by atoms with Gasteiger partial charge in [-0.15, -0.1) is 0 Å². The van der Waals surface area contributed by atoms with Crippen LogP contribution in [-0.4, -0.2) is 61.5 Å². The molecule has 0 heterocycles. The number of carbonyl (C=O) groups is 4. The van der Waals surface area contributed by atoms with Crippen molar-refractivity contribution in [2.24, 2.45) is 0 Å². The molecule has 12 heteroatoms. The van der Waals surface area contributed by atoms with Gasteiger partial charge in [0, 0.05) is 6.54 Å². The van der Waals surface area contributed by atoms with E-state index in [1.807, 2.05) is 30.3 Å². The van der Waals surface area contributed by atoms with Crippen molar-refractivity contribution in [3.05, 3.63) is 59.9 Å². The molecule has 5 N–H and O–H groups in total. The van der Waals surface area contributed by atoms with E-state index in [2.05, 4.69) is 26.2 Å². The van der Waals surface area contributed by atoms with Crippen LogP contribution in [0.2, 0.25) is 0 Å². The summed E-state index contributed by atoms with van der Waals surface area (Å²) in [5, 5.41) is 19.0. The molecule has 2 atom stereocenters. The molecule has 2 aromatic carbocycles. The normalized spacial score (nSPS) is 12.1. The Bertz CT molecular complexity index is 1060. The van der Waals surface area contributed by atoms with Gasteiger partial charge in [0.2, 0.25) is 0 Å². The monoisotopic (exact) mass is 532 g/mol. The third-order valence-electron chi connectivity index (χ3n) is 5.51. The van der Waals surface area contributed by atoms with Gasteiger partial charge in [-0.25, -0.2) is 14.0 Å². The summed E-state index contributed by atoms with van der Waals surface area (Å²) < 4.78 is 19.4. The van der Waals surface area contributed by atoms with E-state index in [0.717, 1.165) is 5.56 Å². The molecule has 0 bridgehead atoms. The van der Waals surface area contributed by atoms with Crippen LogP contribution in [0.4, 0.5) is 9.18 Å². The molecule has 0 aliphatic carbocycles. The average molecular weight is 533 g/mol. The quantitative estimate of drug-likeness (QED) is 0.0726. The van der Waals surface area contributed by atoms with Gasteiger partial charge < -0.3 is 20.7 Å². The Morgan fingerprint density at radius 3 is 2.42 bits per heavy atom. The van der Waals surface area contributed by atoms with Crippen molar-refractivity contribution < 1.29 is 38.5 Å². The highest BCUT2D eigenvalue weighted by Gasteiger charge is 2.22. The molecule has 206 valence electrons. The average Bonchev–Trinajstić information content (AvgIpc) is 2.93. The Kier molecular flexibility index (Phi) is 13.2. The van der Waals surface area contributed by atoms with Crippen molar-refractivity contribution in [1.82, 2.24) is 21.3 Å². The maximum atomic E-state index is 14.5. The fourth-order valence-corrected chi connectivity index (χ4v) is 3.55. The van der Waals surface area contributed by atoms with E-state index < -0.39 is 36.0 Å². The second-order valence-electron chi connectivity index (χ2n) is 8.30. The molecule has 2 rings (SSSR count). The molecule has 38 heavy (non-hydrogen) atoms. The summed E-state index contributed by atoms with van der Waals surface area (Å²) in [6, 6.07) is 12.0. The Morgan fingerprint density at radius 2 is 1.76 bits per heavy atom. The zero-order valence-electron chi connectivity index (χ0n) is 21.1. The molecular formula is C26H33FN4O7. The Labute approximate surface area is 220 Å². The van der Waals surface area contributed by atoms with Crippen LogP contribution in [0.5, 0.6) is 0 Å². The summed E-state index contributed by atoms with van der Waals surface area (Å²) in [4.78, 5) is 50.3. The summed E-state index contributed by atoms with van der Waals surface area (Å²) in [6.07, 6.45) is 1.14. The van der Waals surface area contributed by atoms with E-state index in [-0.39, 0.29) is 25.0 Å². The van der Waals surface area contributed by atoms with Crippen molar-refractivity contribution in [2.45, 2.75) is 44.9 Å². The van der Waals surface area contributed by atoms with Gasteiger partial charge in [0.25, 0.3) is 12.4 Å². The standard InChI is InChI=1S/C26H33FN4O7/c1-2-8-22(25(34)38-36)31-26(35)30-16-23(37-17-32)28-13-6-7-14-29-24(33)20-12-11-19(15-21(20)27)18-9-4-3-5-10-18/h3-5,9-12,15,17,22-23,28,36H,2,6-8,13-14,16H2,1H3,(H,29,33)(H2,30,31,35)/t22-,23-/m0/s1. The number of halogens is 1. The van der Waals surface area contributed by atoms with Crippen molar-refractivity contribution in [3.63, 3.8) is 0 Å². The highest BCUT2D eigenvalue weighted by Crippen LogP contribution is 2.21. The fraction of sp³-hybridized carbons (Fsp3) is 0.385. The van der Waals surface area contributed by atoms with Gasteiger partial charge in [0.15, 0.2) is 6.23 Å². The lowest BCUT2D eigenvalue weighted by atomic mass is 10.0. The van der Waals surface area contributed by atoms with Gasteiger partial charge in [-0.1, -0.05) is 49.7 Å². The lowest BCUT2D eigenvalue weighted by Crippen LogP contribution is -2.50. The predicted octanol–water partition coefficient (Wildman–Crippen LogP) is 2.58. The lowest BCUT2D eigenvalue weighted by Gasteiger charge is -2.19. The van der Waals surface area contributed by atoms with E-state index in [4.69, 9.17) is 9.99 Å². The summed E-state index contributed by atoms with van der Waals surface area (Å²) in [5.41, 5.74) is 1.49. The van der Waals surface area contributed by atoms with Crippen LogP contribution >= 0.6 is 0 Å². The maximum Gasteiger partial charge on any atom is 0.364 e. The van der Waals surface area contributed by atoms with E-state index >= 15 is 0 Å². The van der Waals surface area contributed by atoms with E-state index in [1.54, 1.807) is 13.0 Å². The minimum absolute atomic E-state index is 0.0416. The summed E-state index contributed by atoms with van der Waals surface area (Å²) in [7, 11) is 0. The number of hydrogen-bond acceptors (Lipinski definition) is 8. The summed E-state index contributed by atoms with van der Waals surface area (Å²) in [5.74, 6) is -2.11. The van der Waals surface area contributed by atoms with Gasteiger partial charge in [0.1, 0.15) is 11.9 Å². The maximum absolute atomic E-state index is 14.5. The smallest absolute Gasteiger partial charge is 0.364 e. The topological polar surface area (TPSA) is 155 Å². The third kappa shape index (κ3) is 10.1. The number of nitrogens with one attached hydrogen (secondary N) is 4. The van der Waals surface area contributed by atoms with E-state index in [9.17, 15) is 23.6 Å². The number of unbranched alkanes of at least 4 members (excludes halogenated alkanes) is 1. The van der Waals surface area contributed by atoms with Crippen LogP contribution in [-0.2, 0) is 19.2 Å². The molecule has 0 saturated carbocycles. The second-order valence-corrected chi connectivity index (χ2v) is 8.30. The summed E-state index contributed by atoms with van der Waals surface area (Å²) in [6.45, 7) is 2.64. The van der Waals surface area contributed by atoms with E-state index in [0.29, 0.717) is 37.9 Å². The van der Waals surface area contributed by atoms with Crippen LogP contribution < -0.4 is 21.3 Å². The number of ether oxygens (including phenoxy) is 1. The summed E-state index contributed by atoms with van der Waals surface area (Å²) >= 11 is 0. The van der Waals surface area contributed by atoms with Gasteiger partial charge in [-0.05, 0) is 49.1 Å². The SMILES string of the molecule is CCC[C@H](NC(=O)NC[C@@H](NCCCCNC(=O)c1ccc(-c2ccccc2)cc1F)OC=O)C(=O)OO. The molecule has 0 aromatic heterocycles. The Hall–Kier alpha value is -4.03. The number of carbonyl (C=O) groups excluding carboxylic acids is 4. The molecule has 0 radical (unpaired) electrons. The highest BCUT2D eigenvalue weighted by atomic mass is 19.1. The van der Waals surface area contributed by atoms with Gasteiger partial charge in [0.05, 0.1) is 12.1 Å². The van der Waals surface area contributed by atoms with E-state index in [1.165, 1.54) is 12.1 Å². The van der Waals surface area contributed by atoms with Gasteiger partial charge in [-0.2, -0.15) is 5.26 Å². The molecule has 0 aliphatic heterocycles. The number of amides is 3. The van der Waals surface area contributed by atoms with Gasteiger partial charge >= 0.3 is 12.0 Å². The van der Waals surface area contributed by atoms with Crippen LogP contribution in [0.1, 0.15) is 43.0 Å². The Balaban J connectivity index is 1.70. The van der Waals surface area contributed by atoms with Crippen LogP contribution in [0.25, 0.3) is 11.1 Å². The van der Waals surface area contributed by atoms with Crippen LogP contribution in [0, 0.1) is 5.82 Å². The van der Waals surface area contributed by atoms with Gasteiger partial charge in [-0.3, -0.25) is 19.8 Å².